The number of hydrogen-bond acceptors (Lipinski definition) is 1. The molecule has 1 heteroatoms. The van der Waals surface area contributed by atoms with E-state index in [4.69, 9.17) is 4.42 Å². The lowest BCUT2D eigenvalue weighted by molar-refractivity contribution is 0.669. The average Bonchev–Trinajstić information content (AvgIpc) is 3.60. The van der Waals surface area contributed by atoms with E-state index in [2.05, 4.69) is 194 Å². The molecule has 0 unspecified atom stereocenters. The lowest BCUT2D eigenvalue weighted by Crippen LogP contribution is -1.94. The maximum Gasteiger partial charge on any atom is 0.136 e. The van der Waals surface area contributed by atoms with Crippen LogP contribution in [0, 0.1) is 0 Å². The first-order valence-corrected chi connectivity index (χ1v) is 19.0. The molecule has 12 aromatic rings. The van der Waals surface area contributed by atoms with Crippen molar-refractivity contribution in [1.82, 2.24) is 0 Å². The first-order chi connectivity index (χ1) is 27.3. The normalized spacial score (nSPS) is 12.0. The zero-order valence-corrected chi connectivity index (χ0v) is 29.9. The van der Waals surface area contributed by atoms with E-state index >= 15 is 0 Å². The predicted molar refractivity (Wildman–Crippen MR) is 235 cm³/mol. The molecule has 0 atom stereocenters. The molecular weight excluding hydrogens is 665 g/mol. The van der Waals surface area contributed by atoms with Gasteiger partial charge >= 0.3 is 0 Å². The van der Waals surface area contributed by atoms with Crippen LogP contribution in [-0.4, -0.2) is 0 Å². The summed E-state index contributed by atoms with van der Waals surface area (Å²) in [6.45, 7) is 0. The summed E-state index contributed by atoms with van der Waals surface area (Å²) in [7, 11) is 0. The summed E-state index contributed by atoms with van der Waals surface area (Å²) in [5.41, 5.74) is 9.25. The van der Waals surface area contributed by atoms with Gasteiger partial charge in [-0.05, 0) is 128 Å². The van der Waals surface area contributed by atoms with Gasteiger partial charge in [-0.15, -0.1) is 0 Å². The molecule has 0 fully saturated rings. The Hall–Kier alpha value is -7.22. The Morgan fingerprint density at radius 3 is 1.09 bits per heavy atom. The minimum atomic E-state index is 0.904. The Morgan fingerprint density at radius 1 is 0.218 bits per heavy atom. The van der Waals surface area contributed by atoms with Gasteiger partial charge in [0.2, 0.25) is 0 Å². The van der Waals surface area contributed by atoms with Gasteiger partial charge in [0.25, 0.3) is 0 Å². The van der Waals surface area contributed by atoms with Crippen molar-refractivity contribution < 1.29 is 4.42 Å². The fourth-order valence-corrected chi connectivity index (χ4v) is 9.38. The van der Waals surface area contributed by atoms with Gasteiger partial charge in [-0.2, -0.15) is 0 Å². The Balaban J connectivity index is 1.16. The molecule has 0 saturated carbocycles. The lowest BCUT2D eigenvalue weighted by atomic mass is 9.81. The molecule has 0 saturated heterocycles. The van der Waals surface area contributed by atoms with E-state index in [1.807, 2.05) is 0 Å². The van der Waals surface area contributed by atoms with Crippen LogP contribution in [-0.2, 0) is 0 Å². The number of fused-ring (bicyclic) bond motifs is 9. The Morgan fingerprint density at radius 2 is 0.582 bits per heavy atom. The first-order valence-electron chi connectivity index (χ1n) is 19.0. The number of furan rings is 1. The molecule has 1 nitrogen and oxygen atoms in total. The number of benzene rings is 11. The van der Waals surface area contributed by atoms with Gasteiger partial charge < -0.3 is 4.42 Å². The molecule has 0 spiro atoms. The number of hydrogen-bond donors (Lipinski definition) is 0. The van der Waals surface area contributed by atoms with Gasteiger partial charge in [-0.1, -0.05) is 164 Å². The van der Waals surface area contributed by atoms with Crippen LogP contribution in [0.4, 0.5) is 0 Å². The molecule has 0 N–H and O–H groups in total. The molecule has 11 aromatic carbocycles. The second-order valence-corrected chi connectivity index (χ2v) is 14.8. The number of rotatable bonds is 3. The summed E-state index contributed by atoms with van der Waals surface area (Å²) >= 11 is 0. The summed E-state index contributed by atoms with van der Waals surface area (Å²) in [5.74, 6) is 0. The zero-order chi connectivity index (χ0) is 36.0. The Bertz CT molecular complexity index is 3430. The third-order valence-corrected chi connectivity index (χ3v) is 11.8. The van der Waals surface area contributed by atoms with Crippen molar-refractivity contribution in [2.75, 3.05) is 0 Å². The molecule has 0 radical (unpaired) electrons. The van der Waals surface area contributed by atoms with E-state index in [9.17, 15) is 0 Å². The van der Waals surface area contributed by atoms with Crippen molar-refractivity contribution in [3.05, 3.63) is 194 Å². The van der Waals surface area contributed by atoms with E-state index in [1.54, 1.807) is 0 Å². The van der Waals surface area contributed by atoms with Crippen molar-refractivity contribution in [1.29, 1.82) is 0 Å². The van der Waals surface area contributed by atoms with Crippen LogP contribution < -0.4 is 0 Å². The molecule has 0 aliphatic carbocycles. The van der Waals surface area contributed by atoms with Crippen molar-refractivity contribution in [3.8, 4) is 33.4 Å². The molecule has 0 bridgehead atoms. The highest BCUT2D eigenvalue weighted by Crippen LogP contribution is 2.50. The van der Waals surface area contributed by atoms with E-state index in [1.165, 1.54) is 92.5 Å². The molecule has 12 rings (SSSR count). The van der Waals surface area contributed by atoms with Gasteiger partial charge in [-0.3, -0.25) is 0 Å². The fraction of sp³-hybridized carbons (Fsp3) is 0. The highest BCUT2D eigenvalue weighted by atomic mass is 16.3. The van der Waals surface area contributed by atoms with Crippen LogP contribution in [0.3, 0.4) is 0 Å². The van der Waals surface area contributed by atoms with Crippen LogP contribution in [0.15, 0.2) is 199 Å². The third kappa shape index (κ3) is 4.48. The highest BCUT2D eigenvalue weighted by Gasteiger charge is 2.23. The molecule has 254 valence electrons. The summed E-state index contributed by atoms with van der Waals surface area (Å²) in [6, 6.07) is 71.2. The van der Waals surface area contributed by atoms with Crippen LogP contribution in [0.2, 0.25) is 0 Å². The largest absolute Gasteiger partial charge is 0.456 e. The highest BCUT2D eigenvalue weighted by molar-refractivity contribution is 6.30. The van der Waals surface area contributed by atoms with E-state index < -0.39 is 0 Å². The topological polar surface area (TPSA) is 13.1 Å². The molecule has 1 aromatic heterocycles. The maximum atomic E-state index is 6.61. The van der Waals surface area contributed by atoms with Crippen molar-refractivity contribution >= 4 is 86.6 Å². The second-order valence-electron chi connectivity index (χ2n) is 14.8. The summed E-state index contributed by atoms with van der Waals surface area (Å²) in [4.78, 5) is 0. The minimum absolute atomic E-state index is 0.904. The zero-order valence-electron chi connectivity index (χ0n) is 29.9. The van der Waals surface area contributed by atoms with Crippen LogP contribution in [0.25, 0.3) is 120 Å². The molecule has 0 aliphatic rings. The summed E-state index contributed by atoms with van der Waals surface area (Å²) < 4.78 is 6.61. The molecule has 55 heavy (non-hydrogen) atoms. The first kappa shape index (κ1) is 30.3. The summed E-state index contributed by atoms with van der Waals surface area (Å²) in [5, 5.41) is 17.1. The van der Waals surface area contributed by atoms with Gasteiger partial charge in [0.1, 0.15) is 11.2 Å². The van der Waals surface area contributed by atoms with Crippen LogP contribution in [0.1, 0.15) is 0 Å². The molecule has 1 heterocycles. The van der Waals surface area contributed by atoms with Crippen molar-refractivity contribution in [2.45, 2.75) is 0 Å². The van der Waals surface area contributed by atoms with Gasteiger partial charge in [0.15, 0.2) is 0 Å². The quantitative estimate of drug-likeness (QED) is 0.168. The van der Waals surface area contributed by atoms with Crippen molar-refractivity contribution in [3.63, 3.8) is 0 Å². The Kier molecular flexibility index (Phi) is 6.40. The second kappa shape index (κ2) is 11.6. The van der Waals surface area contributed by atoms with Crippen molar-refractivity contribution in [2.24, 2.45) is 0 Å². The van der Waals surface area contributed by atoms with E-state index in [0.717, 1.165) is 27.5 Å². The van der Waals surface area contributed by atoms with Gasteiger partial charge in [0, 0.05) is 10.8 Å². The smallest absolute Gasteiger partial charge is 0.136 e. The SMILES string of the molecule is c1ccc2cc(-c3c4ccccc4c(-c4c5ccccc5c(-c5ccc6c(c5)oc5cc7ccccc7cc56)c5ccccc45)c4ccccc34)ccc2c1. The monoisotopic (exact) mass is 696 g/mol. The molecular formula is C54H32O. The van der Waals surface area contributed by atoms with Gasteiger partial charge in [-0.25, -0.2) is 0 Å². The summed E-state index contributed by atoms with van der Waals surface area (Å²) in [6.07, 6.45) is 0. The Labute approximate surface area is 317 Å². The van der Waals surface area contributed by atoms with Crippen LogP contribution in [0.5, 0.6) is 0 Å². The van der Waals surface area contributed by atoms with Crippen LogP contribution >= 0.6 is 0 Å². The third-order valence-electron chi connectivity index (χ3n) is 11.8. The minimum Gasteiger partial charge on any atom is -0.456 e. The van der Waals surface area contributed by atoms with Gasteiger partial charge in [0.05, 0.1) is 0 Å². The van der Waals surface area contributed by atoms with E-state index in [-0.39, 0.29) is 0 Å². The maximum absolute atomic E-state index is 6.61. The molecule has 0 aliphatic heterocycles. The average molecular weight is 697 g/mol. The standard InChI is InChI=1S/C54H32O/c1-2-14-34-29-37(26-25-33(34)13-1)51-40-17-5-9-21-44(40)53(45-22-10-6-18-41(45)51)54-46-23-11-7-19-42(46)52(43-20-8-12-24-47(43)54)38-27-28-39-48-30-35-15-3-4-16-36(35)31-50(48)55-49(39)32-38/h1-32H. The van der Waals surface area contributed by atoms with E-state index in [0.29, 0.717) is 0 Å². The molecule has 0 amide bonds. The fourth-order valence-electron chi connectivity index (χ4n) is 9.38. The predicted octanol–water partition coefficient (Wildman–Crippen LogP) is 15.5. The lowest BCUT2D eigenvalue weighted by Gasteiger charge is -2.22.